The molecule has 13 heteroatoms. The van der Waals surface area contributed by atoms with Gasteiger partial charge in [-0.1, -0.05) is 6.07 Å². The molecule has 33 heavy (non-hydrogen) atoms. The molecule has 0 spiro atoms. The summed E-state index contributed by atoms with van der Waals surface area (Å²) < 4.78 is 41.0. The zero-order valence-corrected chi connectivity index (χ0v) is 18.0. The second-order valence-corrected chi connectivity index (χ2v) is 7.47. The summed E-state index contributed by atoms with van der Waals surface area (Å²) in [5.41, 5.74) is 2.57. The van der Waals surface area contributed by atoms with Gasteiger partial charge in [-0.15, -0.1) is 24.5 Å². The number of aromatic nitrogens is 2. The third kappa shape index (κ3) is 7.64. The van der Waals surface area contributed by atoms with Crippen LogP contribution < -0.4 is 26.0 Å². The van der Waals surface area contributed by atoms with Crippen LogP contribution in [0.4, 0.5) is 35.3 Å². The normalized spacial score (nSPS) is 10.9. The molecule has 0 atom stereocenters. The Morgan fingerprint density at radius 1 is 1.12 bits per heavy atom. The molecule has 3 aromatic rings. The molecule has 174 valence electrons. The molecule has 0 radical (unpaired) electrons. The number of halogens is 3. The van der Waals surface area contributed by atoms with Crippen LogP contribution in [-0.2, 0) is 17.8 Å². The van der Waals surface area contributed by atoms with Crippen molar-refractivity contribution in [2.24, 2.45) is 0 Å². The number of thiazole rings is 1. The van der Waals surface area contributed by atoms with Crippen molar-refractivity contribution in [2.45, 2.75) is 19.3 Å². The first-order chi connectivity index (χ1) is 15.7. The maximum atomic E-state index is 12.4. The van der Waals surface area contributed by atoms with Crippen molar-refractivity contribution in [1.29, 1.82) is 0 Å². The maximum Gasteiger partial charge on any atom is 0.573 e. The second-order valence-electron chi connectivity index (χ2n) is 6.53. The molecule has 1 aromatic carbocycles. The van der Waals surface area contributed by atoms with Gasteiger partial charge in [0.15, 0.2) is 0 Å². The van der Waals surface area contributed by atoms with Crippen LogP contribution in [0.5, 0.6) is 5.75 Å². The topological polar surface area (TPSA) is 117 Å². The van der Waals surface area contributed by atoms with Gasteiger partial charge in [0.2, 0.25) is 5.91 Å². The zero-order chi connectivity index (χ0) is 23.8. The molecule has 2 heterocycles. The molecule has 0 fully saturated rings. The molecule has 3 amide bonds. The molecule has 0 aliphatic carbocycles. The average Bonchev–Trinajstić information content (AvgIpc) is 3.18. The fourth-order valence-electron chi connectivity index (χ4n) is 2.68. The van der Waals surface area contributed by atoms with Crippen molar-refractivity contribution in [3.8, 4) is 5.75 Å². The van der Waals surface area contributed by atoms with Gasteiger partial charge in [0, 0.05) is 31.5 Å². The van der Waals surface area contributed by atoms with Crippen molar-refractivity contribution in [2.75, 3.05) is 23.0 Å². The number of benzene rings is 1. The van der Waals surface area contributed by atoms with Crippen molar-refractivity contribution < 1.29 is 27.5 Å². The quantitative estimate of drug-likeness (QED) is 0.388. The van der Waals surface area contributed by atoms with Crippen LogP contribution in [0.1, 0.15) is 10.4 Å². The Labute approximate surface area is 190 Å². The van der Waals surface area contributed by atoms with E-state index < -0.39 is 24.1 Å². The Morgan fingerprint density at radius 2 is 1.94 bits per heavy atom. The lowest BCUT2D eigenvalue weighted by Gasteiger charge is -2.11. The number of anilines is 3. The van der Waals surface area contributed by atoms with Gasteiger partial charge in [0.25, 0.3) is 0 Å². The number of ether oxygens (including phenoxy) is 1. The van der Waals surface area contributed by atoms with Crippen LogP contribution in [0.15, 0.2) is 48.1 Å². The number of carbonyl (C=O) groups is 2. The third-order valence-corrected chi connectivity index (χ3v) is 4.90. The summed E-state index contributed by atoms with van der Waals surface area (Å²) >= 11 is 1.26. The number of nitrogens with one attached hydrogen (secondary N) is 4. The highest BCUT2D eigenvalue weighted by atomic mass is 32.1. The van der Waals surface area contributed by atoms with Crippen molar-refractivity contribution in [1.82, 2.24) is 15.3 Å². The van der Waals surface area contributed by atoms with Gasteiger partial charge >= 0.3 is 12.4 Å². The van der Waals surface area contributed by atoms with E-state index in [4.69, 9.17) is 0 Å². The van der Waals surface area contributed by atoms with E-state index in [1.165, 1.54) is 30.5 Å². The summed E-state index contributed by atoms with van der Waals surface area (Å²) in [6.07, 6.45) is -3.30. The molecule has 0 saturated heterocycles. The van der Waals surface area contributed by atoms with E-state index in [1.54, 1.807) is 23.8 Å². The molecule has 9 nitrogen and oxygen atoms in total. The number of alkyl halides is 3. The highest BCUT2D eigenvalue weighted by Gasteiger charge is 2.31. The average molecular weight is 480 g/mol. The predicted molar refractivity (Wildman–Crippen MR) is 117 cm³/mol. The molecule has 0 bridgehead atoms. The molecule has 0 saturated carbocycles. The van der Waals surface area contributed by atoms with E-state index in [1.807, 2.05) is 0 Å². The molecule has 0 aliphatic rings. The van der Waals surface area contributed by atoms with E-state index >= 15 is 0 Å². The Kier molecular flexibility index (Phi) is 7.66. The van der Waals surface area contributed by atoms with E-state index in [0.29, 0.717) is 23.1 Å². The minimum atomic E-state index is -4.82. The Morgan fingerprint density at radius 3 is 2.70 bits per heavy atom. The molecular formula is C20H19F3N6O3S. The molecule has 4 N–H and O–H groups in total. The van der Waals surface area contributed by atoms with Crippen molar-refractivity contribution in [3.63, 3.8) is 0 Å². The summed E-state index contributed by atoms with van der Waals surface area (Å²) in [5.74, 6) is 0.0284. The molecule has 0 aliphatic heterocycles. The second kappa shape index (κ2) is 10.6. The first-order valence-corrected chi connectivity index (χ1v) is 10.4. The Bertz CT molecular complexity index is 1120. The maximum absolute atomic E-state index is 12.4. The highest BCUT2D eigenvalue weighted by Crippen LogP contribution is 2.26. The highest BCUT2D eigenvalue weighted by molar-refractivity contribution is 7.10. The largest absolute Gasteiger partial charge is 0.573 e. The predicted octanol–water partition coefficient (Wildman–Crippen LogP) is 3.98. The lowest BCUT2D eigenvalue weighted by molar-refractivity contribution is -0.274. The number of pyridine rings is 1. The van der Waals surface area contributed by atoms with Gasteiger partial charge in [-0.2, -0.15) is 0 Å². The summed E-state index contributed by atoms with van der Waals surface area (Å²) in [5, 5.41) is 10.7. The molecule has 0 unspecified atom stereocenters. The fraction of sp³-hybridized carbons (Fsp3) is 0.200. The standard InChI is InChI=1S/C20H19F3N6O3S/c1-24-19(31)29-16-7-12(5-6-25-16)10-26-18-15(33-11-27-18)9-17(30)28-13-3-2-4-14(8-13)32-20(21,22)23/h2-8,11,26H,9-10H2,1H3,(H,28,30)(H2,24,25,29,31). The van der Waals surface area contributed by atoms with Crippen LogP contribution in [0.3, 0.4) is 0 Å². The van der Waals surface area contributed by atoms with Gasteiger partial charge in [0.05, 0.1) is 16.8 Å². The lowest BCUT2D eigenvalue weighted by atomic mass is 10.2. The number of hydrogen-bond acceptors (Lipinski definition) is 7. The summed E-state index contributed by atoms with van der Waals surface area (Å²) in [4.78, 5) is 32.7. The Balaban J connectivity index is 1.58. The molecule has 2 aromatic heterocycles. The molecule has 3 rings (SSSR count). The van der Waals surface area contributed by atoms with Crippen LogP contribution in [0, 0.1) is 0 Å². The Hall–Kier alpha value is -3.87. The monoisotopic (exact) mass is 480 g/mol. The first-order valence-electron chi connectivity index (χ1n) is 9.47. The van der Waals surface area contributed by atoms with Crippen LogP contribution in [0.25, 0.3) is 0 Å². The van der Waals surface area contributed by atoms with Crippen LogP contribution in [-0.4, -0.2) is 35.3 Å². The smallest absolute Gasteiger partial charge is 0.406 e. The van der Waals surface area contributed by atoms with E-state index in [-0.39, 0.29) is 12.1 Å². The van der Waals surface area contributed by atoms with Gasteiger partial charge in [0.1, 0.15) is 17.4 Å². The summed E-state index contributed by atoms with van der Waals surface area (Å²) in [7, 11) is 1.49. The lowest BCUT2D eigenvalue weighted by Crippen LogP contribution is -2.25. The number of urea groups is 1. The van der Waals surface area contributed by atoms with E-state index in [9.17, 15) is 22.8 Å². The summed E-state index contributed by atoms with van der Waals surface area (Å²) in [6.45, 7) is 0.361. The van der Waals surface area contributed by atoms with Gasteiger partial charge in [-0.05, 0) is 29.8 Å². The van der Waals surface area contributed by atoms with E-state index in [2.05, 4.69) is 36.0 Å². The minimum Gasteiger partial charge on any atom is -0.406 e. The zero-order valence-electron chi connectivity index (χ0n) is 17.2. The first kappa shape index (κ1) is 23.8. The minimum absolute atomic E-state index is 0.0306. The van der Waals surface area contributed by atoms with Gasteiger partial charge < -0.3 is 20.7 Å². The summed E-state index contributed by atoms with van der Waals surface area (Å²) in [6, 6.07) is 8.09. The third-order valence-electron chi connectivity index (χ3n) is 4.07. The van der Waals surface area contributed by atoms with E-state index in [0.717, 1.165) is 17.7 Å². The van der Waals surface area contributed by atoms with Crippen molar-refractivity contribution in [3.05, 3.63) is 58.5 Å². The van der Waals surface area contributed by atoms with Gasteiger partial charge in [-0.3, -0.25) is 10.1 Å². The van der Waals surface area contributed by atoms with Crippen molar-refractivity contribution >= 4 is 40.6 Å². The number of amides is 3. The number of hydrogen-bond donors (Lipinski definition) is 4. The number of carbonyl (C=O) groups excluding carboxylic acids is 2. The fourth-order valence-corrected chi connectivity index (χ4v) is 3.42. The van der Waals surface area contributed by atoms with Gasteiger partial charge in [-0.25, -0.2) is 14.8 Å². The number of rotatable bonds is 8. The van der Waals surface area contributed by atoms with Crippen LogP contribution in [0.2, 0.25) is 0 Å². The number of nitrogens with zero attached hydrogens (tertiary/aromatic N) is 2. The molecular weight excluding hydrogens is 461 g/mol. The SMILES string of the molecule is CNC(=O)Nc1cc(CNc2ncsc2CC(=O)Nc2cccc(OC(F)(F)F)c2)ccn1. The van der Waals surface area contributed by atoms with Crippen LogP contribution >= 0.6 is 11.3 Å².